The van der Waals surface area contributed by atoms with Crippen molar-refractivity contribution in [2.24, 2.45) is 16.5 Å². The second-order valence-corrected chi connectivity index (χ2v) is 3.80. The molecule has 0 spiro atoms. The third-order valence-electron chi connectivity index (χ3n) is 2.42. The van der Waals surface area contributed by atoms with Crippen LogP contribution < -0.4 is 11.5 Å². The van der Waals surface area contributed by atoms with Gasteiger partial charge in [-0.25, -0.2) is 9.97 Å². The van der Waals surface area contributed by atoms with Crippen molar-refractivity contribution in [3.05, 3.63) is 23.4 Å². The molecule has 0 fully saturated rings. The van der Waals surface area contributed by atoms with Gasteiger partial charge in [0.05, 0.1) is 11.2 Å². The number of guanidine groups is 1. The van der Waals surface area contributed by atoms with Crippen LogP contribution >= 0.6 is 0 Å². The van der Waals surface area contributed by atoms with E-state index in [0.29, 0.717) is 11.2 Å². The van der Waals surface area contributed by atoms with Crippen molar-refractivity contribution in [1.29, 1.82) is 0 Å². The van der Waals surface area contributed by atoms with E-state index in [1.165, 1.54) is 0 Å². The first-order valence-corrected chi connectivity index (χ1v) is 5.05. The van der Waals surface area contributed by atoms with Crippen LogP contribution in [0.4, 0.5) is 5.95 Å². The van der Waals surface area contributed by atoms with Crippen LogP contribution in [0.2, 0.25) is 0 Å². The molecule has 0 aliphatic carbocycles. The van der Waals surface area contributed by atoms with E-state index in [2.05, 4.69) is 15.0 Å². The van der Waals surface area contributed by atoms with Gasteiger partial charge >= 0.3 is 0 Å². The molecule has 0 aliphatic rings. The van der Waals surface area contributed by atoms with Crippen molar-refractivity contribution in [3.63, 3.8) is 0 Å². The van der Waals surface area contributed by atoms with Crippen LogP contribution in [0, 0.1) is 13.8 Å². The number of rotatable bonds is 1. The first-order chi connectivity index (χ1) is 7.97. The Bertz CT molecular complexity index is 617. The van der Waals surface area contributed by atoms with Crippen molar-refractivity contribution in [2.75, 3.05) is 0 Å². The Morgan fingerprint density at radius 3 is 2.59 bits per heavy atom. The van der Waals surface area contributed by atoms with E-state index in [1.54, 1.807) is 19.1 Å². The summed E-state index contributed by atoms with van der Waals surface area (Å²) in [6, 6.07) is 3.41. The molecule has 0 radical (unpaired) electrons. The summed E-state index contributed by atoms with van der Waals surface area (Å²) in [5.74, 6) is 0.359. The van der Waals surface area contributed by atoms with Crippen LogP contribution in [0.15, 0.2) is 17.1 Å². The zero-order valence-electron chi connectivity index (χ0n) is 9.60. The number of nitrogens with zero attached hydrogens (tertiary/aromatic N) is 3. The van der Waals surface area contributed by atoms with Crippen molar-refractivity contribution in [3.8, 4) is 5.75 Å². The Kier molecular flexibility index (Phi) is 2.55. The fourth-order valence-electron chi connectivity index (χ4n) is 1.57. The maximum absolute atomic E-state index is 9.63. The molecule has 0 unspecified atom stereocenters. The molecular weight excluding hydrogens is 218 g/mol. The van der Waals surface area contributed by atoms with E-state index in [4.69, 9.17) is 11.5 Å². The summed E-state index contributed by atoms with van der Waals surface area (Å²) in [6.07, 6.45) is 0. The van der Waals surface area contributed by atoms with Gasteiger partial charge in [0.2, 0.25) is 0 Å². The molecule has 6 heteroatoms. The van der Waals surface area contributed by atoms with Gasteiger partial charge in [-0.2, -0.15) is 4.99 Å². The van der Waals surface area contributed by atoms with Gasteiger partial charge in [0, 0.05) is 5.39 Å². The molecular formula is C11H13N5O. The minimum absolute atomic E-state index is 0.0840. The van der Waals surface area contributed by atoms with Crippen LogP contribution in [-0.2, 0) is 0 Å². The number of aryl methyl sites for hydroxylation is 2. The number of aliphatic imine (C=N–C) groups is 1. The summed E-state index contributed by atoms with van der Waals surface area (Å²) >= 11 is 0. The minimum atomic E-state index is -0.0840. The lowest BCUT2D eigenvalue weighted by Gasteiger charge is -2.05. The zero-order chi connectivity index (χ0) is 12.6. The first-order valence-electron chi connectivity index (χ1n) is 5.05. The molecule has 0 atom stereocenters. The molecule has 2 aromatic rings. The second kappa shape index (κ2) is 3.89. The van der Waals surface area contributed by atoms with E-state index < -0.39 is 0 Å². The maximum Gasteiger partial charge on any atom is 0.253 e. The van der Waals surface area contributed by atoms with E-state index in [9.17, 15) is 5.11 Å². The summed E-state index contributed by atoms with van der Waals surface area (Å²) in [5.41, 5.74) is 12.7. The standard InChI is InChI=1S/C11H13N5O/c1-5-3-8-7(4-9(5)17)6(2)14-11(15-8)16-10(12)13/h3-4,17H,1-2H3,(H4,12,13,14,15,16). The van der Waals surface area contributed by atoms with E-state index in [-0.39, 0.29) is 17.7 Å². The molecule has 2 rings (SSSR count). The van der Waals surface area contributed by atoms with Gasteiger partial charge in [-0.15, -0.1) is 0 Å². The molecule has 88 valence electrons. The number of benzene rings is 1. The third kappa shape index (κ3) is 2.10. The van der Waals surface area contributed by atoms with Crippen molar-refractivity contribution in [2.45, 2.75) is 13.8 Å². The van der Waals surface area contributed by atoms with Gasteiger partial charge < -0.3 is 16.6 Å². The Labute approximate surface area is 98.0 Å². The molecule has 17 heavy (non-hydrogen) atoms. The largest absolute Gasteiger partial charge is 0.508 e. The summed E-state index contributed by atoms with van der Waals surface area (Å²) in [5, 5.41) is 10.4. The monoisotopic (exact) mass is 231 g/mol. The van der Waals surface area contributed by atoms with E-state index in [1.807, 2.05) is 6.92 Å². The zero-order valence-corrected chi connectivity index (χ0v) is 9.60. The van der Waals surface area contributed by atoms with Crippen molar-refractivity contribution >= 4 is 22.8 Å². The van der Waals surface area contributed by atoms with Crippen LogP contribution in [0.5, 0.6) is 5.75 Å². The Morgan fingerprint density at radius 2 is 1.94 bits per heavy atom. The number of aromatic nitrogens is 2. The number of phenols is 1. The molecule has 6 nitrogen and oxygen atoms in total. The van der Waals surface area contributed by atoms with Crippen LogP contribution in [0.3, 0.4) is 0 Å². The molecule has 5 N–H and O–H groups in total. The molecule has 0 bridgehead atoms. The van der Waals surface area contributed by atoms with E-state index >= 15 is 0 Å². The fraction of sp³-hybridized carbons (Fsp3) is 0.182. The highest BCUT2D eigenvalue weighted by molar-refractivity contribution is 5.85. The van der Waals surface area contributed by atoms with Crippen molar-refractivity contribution < 1.29 is 5.11 Å². The third-order valence-corrected chi connectivity index (χ3v) is 2.42. The van der Waals surface area contributed by atoms with Gasteiger partial charge in [0.25, 0.3) is 5.95 Å². The molecule has 0 saturated heterocycles. The molecule has 1 aromatic heterocycles. The number of aromatic hydroxyl groups is 1. The van der Waals surface area contributed by atoms with Crippen LogP contribution in [0.1, 0.15) is 11.3 Å². The van der Waals surface area contributed by atoms with Gasteiger partial charge in [0.1, 0.15) is 5.75 Å². The van der Waals surface area contributed by atoms with Gasteiger partial charge in [0.15, 0.2) is 5.96 Å². The quantitative estimate of drug-likeness (QED) is 0.498. The number of hydrogen-bond acceptors (Lipinski definition) is 4. The molecule has 0 aliphatic heterocycles. The lowest BCUT2D eigenvalue weighted by atomic mass is 10.1. The number of hydrogen-bond donors (Lipinski definition) is 3. The topological polar surface area (TPSA) is 110 Å². The fourth-order valence-corrected chi connectivity index (χ4v) is 1.57. The number of phenolic OH excluding ortho intramolecular Hbond substituents is 1. The lowest BCUT2D eigenvalue weighted by Crippen LogP contribution is -2.22. The summed E-state index contributed by atoms with van der Waals surface area (Å²) in [4.78, 5) is 12.2. The van der Waals surface area contributed by atoms with Gasteiger partial charge in [-0.05, 0) is 31.5 Å². The molecule has 0 amide bonds. The predicted octanol–water partition coefficient (Wildman–Crippen LogP) is 0.857. The van der Waals surface area contributed by atoms with E-state index in [0.717, 1.165) is 10.9 Å². The number of fused-ring (bicyclic) bond motifs is 1. The SMILES string of the molecule is Cc1cc2nc(N=C(N)N)nc(C)c2cc1O. The normalized spacial score (nSPS) is 10.5. The number of nitrogens with two attached hydrogens (primary N) is 2. The lowest BCUT2D eigenvalue weighted by molar-refractivity contribution is 0.472. The highest BCUT2D eigenvalue weighted by Crippen LogP contribution is 2.26. The Hall–Kier alpha value is -2.37. The average Bonchev–Trinajstić information content (AvgIpc) is 2.20. The second-order valence-electron chi connectivity index (χ2n) is 3.80. The Morgan fingerprint density at radius 1 is 1.24 bits per heavy atom. The highest BCUT2D eigenvalue weighted by Gasteiger charge is 2.07. The highest BCUT2D eigenvalue weighted by atomic mass is 16.3. The maximum atomic E-state index is 9.63. The smallest absolute Gasteiger partial charge is 0.253 e. The average molecular weight is 231 g/mol. The summed E-state index contributed by atoms with van der Waals surface area (Å²) < 4.78 is 0. The summed E-state index contributed by atoms with van der Waals surface area (Å²) in [7, 11) is 0. The molecule has 0 saturated carbocycles. The van der Waals surface area contributed by atoms with Crippen LogP contribution in [0.25, 0.3) is 10.9 Å². The van der Waals surface area contributed by atoms with Crippen molar-refractivity contribution in [1.82, 2.24) is 9.97 Å². The van der Waals surface area contributed by atoms with Gasteiger partial charge in [-0.3, -0.25) is 0 Å². The van der Waals surface area contributed by atoms with Crippen LogP contribution in [-0.4, -0.2) is 21.0 Å². The minimum Gasteiger partial charge on any atom is -0.508 e. The molecule has 1 aromatic carbocycles. The Balaban J connectivity index is 2.73. The molecule has 1 heterocycles. The first kappa shape index (κ1) is 11.1. The summed E-state index contributed by atoms with van der Waals surface area (Å²) in [6.45, 7) is 3.61. The van der Waals surface area contributed by atoms with Gasteiger partial charge in [-0.1, -0.05) is 0 Å². The predicted molar refractivity (Wildman–Crippen MR) is 66.1 cm³/mol.